The molecule has 0 amide bonds. The smallest absolute Gasteiger partial charge is 0.177 e. The van der Waals surface area contributed by atoms with Gasteiger partial charge in [0, 0.05) is 0 Å². The van der Waals surface area contributed by atoms with Gasteiger partial charge in [-0.05, 0) is 24.7 Å². The molecule has 0 bridgehead atoms. The molecule has 0 rings (SSSR count). The van der Waals surface area contributed by atoms with Crippen molar-refractivity contribution in [3.05, 3.63) is 25.3 Å². The highest BCUT2D eigenvalue weighted by atomic mass is 35.5. The van der Waals surface area contributed by atoms with Crippen LogP contribution in [-0.4, -0.2) is 18.3 Å². The molecule has 60 valence electrons. The maximum atomic E-state index is 9.94. The summed E-state index contributed by atoms with van der Waals surface area (Å²) in [5, 5.41) is 0. The molecule has 0 unspecified atom stereocenters. The first-order valence-electron chi connectivity index (χ1n) is 2.41. The van der Waals surface area contributed by atoms with Gasteiger partial charge in [0.25, 0.3) is 0 Å². The van der Waals surface area contributed by atoms with Crippen LogP contribution >= 0.6 is 24.2 Å². The lowest BCUT2D eigenvalue weighted by Crippen LogP contribution is -1.78. The van der Waals surface area contributed by atoms with Crippen LogP contribution in [0.5, 0.6) is 0 Å². The van der Waals surface area contributed by atoms with Crippen LogP contribution in [-0.2, 0) is 4.79 Å². The van der Waals surface area contributed by atoms with Gasteiger partial charge in [0.2, 0.25) is 0 Å². The number of hydrogen-bond acceptors (Lipinski definition) is 2. The lowest BCUT2D eigenvalue weighted by atomic mass is 10.4. The Morgan fingerprint density at radius 2 is 1.50 bits per heavy atom. The summed E-state index contributed by atoms with van der Waals surface area (Å²) < 4.78 is 0. The van der Waals surface area contributed by atoms with Gasteiger partial charge in [-0.25, -0.2) is 0 Å². The molecule has 0 aliphatic heterocycles. The van der Waals surface area contributed by atoms with Crippen molar-refractivity contribution in [3.8, 4) is 0 Å². The highest BCUT2D eigenvalue weighted by Crippen LogP contribution is 1.70. The van der Waals surface area contributed by atoms with Gasteiger partial charge < -0.3 is 0 Å². The molecular formula is C7H13ClOS. The van der Waals surface area contributed by atoms with E-state index < -0.39 is 0 Å². The molecule has 0 heterocycles. The fourth-order valence-electron chi connectivity index (χ4n) is 0.0833. The fourth-order valence-corrected chi connectivity index (χ4v) is 0.0833. The summed E-state index contributed by atoms with van der Waals surface area (Å²) in [6.07, 6.45) is 6.51. The topological polar surface area (TPSA) is 17.1 Å². The van der Waals surface area contributed by atoms with Crippen molar-refractivity contribution in [2.45, 2.75) is 0 Å². The Bertz CT molecular complexity index is 91.8. The number of ketones is 1. The van der Waals surface area contributed by atoms with Crippen molar-refractivity contribution in [3.63, 3.8) is 0 Å². The van der Waals surface area contributed by atoms with E-state index in [4.69, 9.17) is 0 Å². The number of thioether (sulfide) groups is 1. The van der Waals surface area contributed by atoms with E-state index in [-0.39, 0.29) is 18.2 Å². The van der Waals surface area contributed by atoms with Crippen LogP contribution in [0, 0.1) is 0 Å². The molecule has 0 aromatic heterocycles. The van der Waals surface area contributed by atoms with E-state index in [0.717, 1.165) is 0 Å². The molecular weight excluding hydrogens is 168 g/mol. The number of hydrogen-bond donors (Lipinski definition) is 0. The van der Waals surface area contributed by atoms with E-state index in [1.807, 2.05) is 12.5 Å². The molecule has 0 aliphatic rings. The molecule has 0 fully saturated rings. The zero-order valence-corrected chi connectivity index (χ0v) is 7.93. The maximum absolute atomic E-state index is 9.94. The molecule has 1 nitrogen and oxygen atoms in total. The molecule has 0 radical (unpaired) electrons. The Morgan fingerprint density at radius 3 is 1.50 bits per heavy atom. The van der Waals surface area contributed by atoms with Gasteiger partial charge in [-0.15, -0.1) is 12.4 Å². The number of allylic oxidation sites excluding steroid dienone is 2. The first-order chi connectivity index (χ1) is 4.22. The Labute approximate surface area is 73.0 Å². The molecule has 0 saturated heterocycles. The Kier molecular flexibility index (Phi) is 26.1. The predicted molar refractivity (Wildman–Crippen MR) is 52.1 cm³/mol. The average molecular weight is 181 g/mol. The lowest BCUT2D eigenvalue weighted by Gasteiger charge is -1.68. The van der Waals surface area contributed by atoms with Crippen LogP contribution in [0.3, 0.4) is 0 Å². The summed E-state index contributed by atoms with van der Waals surface area (Å²) in [4.78, 5) is 9.94. The highest BCUT2D eigenvalue weighted by Gasteiger charge is 1.75. The van der Waals surface area contributed by atoms with Gasteiger partial charge in [-0.3, -0.25) is 4.79 Å². The molecule has 0 atom stereocenters. The van der Waals surface area contributed by atoms with Crippen molar-refractivity contribution >= 4 is 30.0 Å². The molecule has 0 aromatic rings. The number of carbonyl (C=O) groups is 1. The van der Waals surface area contributed by atoms with Crippen molar-refractivity contribution in [2.24, 2.45) is 0 Å². The fraction of sp³-hybridized carbons (Fsp3) is 0.286. The van der Waals surface area contributed by atoms with Crippen LogP contribution in [0.2, 0.25) is 0 Å². The van der Waals surface area contributed by atoms with Gasteiger partial charge >= 0.3 is 0 Å². The van der Waals surface area contributed by atoms with E-state index in [1.54, 1.807) is 11.8 Å². The molecule has 0 N–H and O–H groups in total. The number of carbonyl (C=O) groups excluding carboxylic acids is 1. The SMILES string of the molecule is C=CC(=O)C=C.CSC.Cl. The molecule has 3 heteroatoms. The third-order valence-electron chi connectivity index (χ3n) is 0.402. The summed E-state index contributed by atoms with van der Waals surface area (Å²) >= 11 is 1.75. The zero-order valence-electron chi connectivity index (χ0n) is 6.29. The van der Waals surface area contributed by atoms with Gasteiger partial charge in [0.15, 0.2) is 5.78 Å². The minimum absolute atomic E-state index is 0. The first kappa shape index (κ1) is 16.4. The van der Waals surface area contributed by atoms with Gasteiger partial charge in [-0.1, -0.05) is 13.2 Å². The number of halogens is 1. The van der Waals surface area contributed by atoms with Crippen molar-refractivity contribution in [2.75, 3.05) is 12.5 Å². The van der Waals surface area contributed by atoms with E-state index in [2.05, 4.69) is 13.2 Å². The van der Waals surface area contributed by atoms with Crippen molar-refractivity contribution < 1.29 is 4.79 Å². The Morgan fingerprint density at radius 1 is 1.30 bits per heavy atom. The summed E-state index contributed by atoms with van der Waals surface area (Å²) in [5.74, 6) is -0.130. The van der Waals surface area contributed by atoms with Crippen molar-refractivity contribution in [1.29, 1.82) is 0 Å². The van der Waals surface area contributed by atoms with Crippen LogP contribution in [0.4, 0.5) is 0 Å². The predicted octanol–water partition coefficient (Wildman–Crippen LogP) is 2.33. The minimum Gasteiger partial charge on any atom is -0.290 e. The second-order valence-corrected chi connectivity index (χ2v) is 2.04. The lowest BCUT2D eigenvalue weighted by molar-refractivity contribution is -0.110. The van der Waals surface area contributed by atoms with E-state index in [0.29, 0.717) is 0 Å². The van der Waals surface area contributed by atoms with Crippen LogP contribution in [0.15, 0.2) is 25.3 Å². The molecule has 0 aliphatic carbocycles. The quantitative estimate of drug-likeness (QED) is 0.607. The highest BCUT2D eigenvalue weighted by molar-refractivity contribution is 7.97. The van der Waals surface area contributed by atoms with Crippen LogP contribution < -0.4 is 0 Å². The largest absolute Gasteiger partial charge is 0.290 e. The van der Waals surface area contributed by atoms with E-state index in [9.17, 15) is 4.79 Å². The van der Waals surface area contributed by atoms with Gasteiger partial charge in [0.05, 0.1) is 0 Å². The van der Waals surface area contributed by atoms with Gasteiger partial charge in [0.1, 0.15) is 0 Å². The summed E-state index contributed by atoms with van der Waals surface area (Å²) in [5.41, 5.74) is 0. The standard InChI is InChI=1S/C5H6O.C2H6S.ClH/c1-3-5(6)4-2;1-3-2;/h3-4H,1-2H2;1-2H3;1H. The number of rotatable bonds is 2. The second kappa shape index (κ2) is 15.9. The monoisotopic (exact) mass is 180 g/mol. The van der Waals surface area contributed by atoms with Gasteiger partial charge in [-0.2, -0.15) is 11.8 Å². The summed E-state index contributed by atoms with van der Waals surface area (Å²) in [7, 11) is 0. The zero-order chi connectivity index (χ0) is 7.70. The Hall–Kier alpha value is -0.210. The molecule has 0 saturated carbocycles. The maximum Gasteiger partial charge on any atom is 0.177 e. The average Bonchev–Trinajstić information content (AvgIpc) is 1.88. The molecule has 0 spiro atoms. The normalized spacial score (nSPS) is 5.80. The summed E-state index contributed by atoms with van der Waals surface area (Å²) in [6, 6.07) is 0. The third-order valence-corrected chi connectivity index (χ3v) is 0.402. The second-order valence-electron chi connectivity index (χ2n) is 1.22. The summed E-state index contributed by atoms with van der Waals surface area (Å²) in [6.45, 7) is 6.42. The molecule has 10 heavy (non-hydrogen) atoms. The first-order valence-corrected chi connectivity index (χ1v) is 4.05. The van der Waals surface area contributed by atoms with E-state index >= 15 is 0 Å². The Balaban J connectivity index is -0.000000107. The minimum atomic E-state index is -0.130. The third kappa shape index (κ3) is 25.0. The van der Waals surface area contributed by atoms with Crippen LogP contribution in [0.25, 0.3) is 0 Å². The van der Waals surface area contributed by atoms with E-state index in [1.165, 1.54) is 12.2 Å². The van der Waals surface area contributed by atoms with Crippen LogP contribution in [0.1, 0.15) is 0 Å². The molecule has 0 aromatic carbocycles. The van der Waals surface area contributed by atoms with Crippen molar-refractivity contribution in [1.82, 2.24) is 0 Å².